The van der Waals surface area contributed by atoms with Crippen LogP contribution in [-0.2, 0) is 16.3 Å². The minimum absolute atomic E-state index is 0.0734. The van der Waals surface area contributed by atoms with Gasteiger partial charge >= 0.3 is 0 Å². The number of aromatic nitrogens is 3. The number of nitrogens with one attached hydrogen (secondary N) is 1. The molecule has 2 fully saturated rings. The average Bonchev–Trinajstić information content (AvgIpc) is 3.47. The lowest BCUT2D eigenvalue weighted by Crippen LogP contribution is -2.16. The van der Waals surface area contributed by atoms with Crippen molar-refractivity contribution in [3.63, 3.8) is 0 Å². The molecule has 3 heterocycles. The zero-order chi connectivity index (χ0) is 21.8. The maximum atomic E-state index is 13.4. The predicted octanol–water partition coefficient (Wildman–Crippen LogP) is 3.79. The molecule has 1 saturated heterocycles. The highest BCUT2D eigenvalue weighted by Crippen LogP contribution is 2.41. The van der Waals surface area contributed by atoms with Gasteiger partial charge in [-0.15, -0.1) is 0 Å². The van der Waals surface area contributed by atoms with Crippen LogP contribution in [0.5, 0.6) is 0 Å². The summed E-state index contributed by atoms with van der Waals surface area (Å²) in [6.45, 7) is 3.92. The topological polar surface area (TPSA) is 93.9 Å². The van der Waals surface area contributed by atoms with E-state index >= 15 is 0 Å². The largest absolute Gasteiger partial charge is 0.322 e. The lowest BCUT2D eigenvalue weighted by atomic mass is 10.1. The Hall–Kier alpha value is -2.74. The van der Waals surface area contributed by atoms with Gasteiger partial charge in [0.1, 0.15) is 0 Å². The summed E-state index contributed by atoms with van der Waals surface area (Å²) in [5.74, 6) is 0.414. The summed E-state index contributed by atoms with van der Waals surface area (Å²) in [7, 11) is -3.06. The van der Waals surface area contributed by atoms with Crippen LogP contribution in [0.15, 0.2) is 30.3 Å². The van der Waals surface area contributed by atoms with Crippen LogP contribution in [0.1, 0.15) is 65.5 Å². The quantitative estimate of drug-likeness (QED) is 0.654. The molecule has 1 aliphatic carbocycles. The number of sulfone groups is 1. The Morgan fingerprint density at radius 2 is 2.00 bits per heavy atom. The Balaban J connectivity index is 1.61. The fourth-order valence-corrected chi connectivity index (χ4v) is 6.15. The van der Waals surface area contributed by atoms with Crippen molar-refractivity contribution in [3.05, 3.63) is 52.8 Å². The Bertz CT molecular complexity index is 1290. The second kappa shape index (κ2) is 7.44. The van der Waals surface area contributed by atoms with E-state index in [4.69, 9.17) is 4.98 Å². The van der Waals surface area contributed by atoms with E-state index in [1.807, 2.05) is 37.3 Å². The van der Waals surface area contributed by atoms with Crippen LogP contribution < -0.4 is 5.32 Å². The molecule has 1 amide bonds. The van der Waals surface area contributed by atoms with Gasteiger partial charge in [-0.3, -0.25) is 4.79 Å². The summed E-state index contributed by atoms with van der Waals surface area (Å²) in [6, 6.07) is 9.46. The van der Waals surface area contributed by atoms with Gasteiger partial charge in [0.25, 0.3) is 5.91 Å². The van der Waals surface area contributed by atoms with Gasteiger partial charge in [-0.25, -0.2) is 18.1 Å². The highest BCUT2D eigenvalue weighted by molar-refractivity contribution is 7.91. The molecule has 2 aromatic heterocycles. The van der Waals surface area contributed by atoms with E-state index in [2.05, 4.69) is 17.3 Å². The van der Waals surface area contributed by atoms with Crippen LogP contribution in [0.25, 0.3) is 11.0 Å². The molecule has 1 N–H and O–H groups in total. The van der Waals surface area contributed by atoms with Gasteiger partial charge in [0.15, 0.2) is 15.5 Å². The van der Waals surface area contributed by atoms with Gasteiger partial charge in [-0.1, -0.05) is 25.1 Å². The number of amides is 1. The summed E-state index contributed by atoms with van der Waals surface area (Å²) in [6.07, 6.45) is 3.47. The normalized spacial score (nSPS) is 20.3. The third-order valence-corrected chi connectivity index (χ3v) is 8.05. The predicted molar refractivity (Wildman–Crippen MR) is 120 cm³/mol. The van der Waals surface area contributed by atoms with E-state index in [9.17, 15) is 13.2 Å². The second-order valence-corrected chi connectivity index (χ2v) is 10.8. The monoisotopic (exact) mass is 438 g/mol. The van der Waals surface area contributed by atoms with Gasteiger partial charge in [0.05, 0.1) is 34.2 Å². The van der Waals surface area contributed by atoms with Crippen LogP contribution in [0.2, 0.25) is 0 Å². The molecular formula is C23H26N4O3S. The Kier molecular flexibility index (Phi) is 4.84. The zero-order valence-electron chi connectivity index (χ0n) is 17.8. The molecule has 7 nitrogen and oxygen atoms in total. The number of aryl methyl sites for hydroxylation is 2. The number of pyridine rings is 1. The van der Waals surface area contributed by atoms with Crippen molar-refractivity contribution in [1.29, 1.82) is 0 Å². The molecule has 1 saturated carbocycles. The fourth-order valence-electron chi connectivity index (χ4n) is 4.46. The van der Waals surface area contributed by atoms with E-state index in [-0.39, 0.29) is 23.5 Å². The molecule has 1 aliphatic heterocycles. The van der Waals surface area contributed by atoms with E-state index in [1.165, 1.54) is 0 Å². The van der Waals surface area contributed by atoms with E-state index in [0.717, 1.165) is 36.2 Å². The minimum atomic E-state index is -3.06. The van der Waals surface area contributed by atoms with Crippen LogP contribution in [-0.4, -0.2) is 40.6 Å². The fraction of sp³-hybridized carbons (Fsp3) is 0.435. The van der Waals surface area contributed by atoms with Gasteiger partial charge in [-0.2, -0.15) is 5.10 Å². The third kappa shape index (κ3) is 3.73. The smallest absolute Gasteiger partial charge is 0.256 e. The van der Waals surface area contributed by atoms with Crippen LogP contribution in [0, 0.1) is 6.92 Å². The molecule has 1 atom stereocenters. The third-order valence-electron chi connectivity index (χ3n) is 6.30. The number of anilines is 1. The SMILES string of the molecule is CCc1ccccc1NC(=O)c1cc(C2CC2)nc2c1c(C)nn2C1CCS(=O)(=O)C1. The number of carbonyl (C=O) groups excluding carboxylic acids is 1. The van der Waals surface area contributed by atoms with E-state index in [1.54, 1.807) is 4.68 Å². The molecule has 0 radical (unpaired) electrons. The number of hydrogen-bond donors (Lipinski definition) is 1. The molecule has 0 spiro atoms. The molecule has 3 aromatic rings. The van der Waals surface area contributed by atoms with Crippen molar-refractivity contribution in [1.82, 2.24) is 14.8 Å². The number of hydrogen-bond acceptors (Lipinski definition) is 5. The van der Waals surface area contributed by atoms with Crippen molar-refractivity contribution in [2.24, 2.45) is 0 Å². The van der Waals surface area contributed by atoms with Gasteiger partial charge < -0.3 is 5.32 Å². The molecule has 2 aliphatic rings. The maximum absolute atomic E-state index is 13.4. The average molecular weight is 439 g/mol. The Labute approximate surface area is 181 Å². The lowest BCUT2D eigenvalue weighted by Gasteiger charge is -2.13. The van der Waals surface area contributed by atoms with Crippen LogP contribution >= 0.6 is 0 Å². The molecule has 5 rings (SSSR count). The number of fused-ring (bicyclic) bond motifs is 1. The van der Waals surface area contributed by atoms with Crippen molar-refractivity contribution < 1.29 is 13.2 Å². The number of para-hydroxylation sites is 1. The Morgan fingerprint density at radius 1 is 1.23 bits per heavy atom. The molecule has 1 unspecified atom stereocenters. The van der Waals surface area contributed by atoms with Crippen LogP contribution in [0.4, 0.5) is 5.69 Å². The maximum Gasteiger partial charge on any atom is 0.256 e. The number of carbonyl (C=O) groups is 1. The molecule has 162 valence electrons. The van der Waals surface area contributed by atoms with Gasteiger partial charge in [0.2, 0.25) is 0 Å². The molecular weight excluding hydrogens is 412 g/mol. The number of benzene rings is 1. The first-order valence-corrected chi connectivity index (χ1v) is 12.7. The first-order chi connectivity index (χ1) is 14.9. The Morgan fingerprint density at radius 3 is 2.68 bits per heavy atom. The first-order valence-electron chi connectivity index (χ1n) is 10.9. The lowest BCUT2D eigenvalue weighted by molar-refractivity contribution is 0.102. The summed E-state index contributed by atoms with van der Waals surface area (Å²) in [5, 5.41) is 8.44. The van der Waals surface area contributed by atoms with E-state index < -0.39 is 9.84 Å². The van der Waals surface area contributed by atoms with Crippen LogP contribution in [0.3, 0.4) is 0 Å². The second-order valence-electron chi connectivity index (χ2n) is 8.62. The zero-order valence-corrected chi connectivity index (χ0v) is 18.6. The summed E-state index contributed by atoms with van der Waals surface area (Å²) in [5.41, 5.74) is 4.65. The highest BCUT2D eigenvalue weighted by Gasteiger charge is 2.34. The van der Waals surface area contributed by atoms with Crippen molar-refractivity contribution >= 4 is 32.5 Å². The molecule has 1 aromatic carbocycles. The standard InChI is InChI=1S/C23H26N4O3S/c1-3-15-6-4-5-7-19(15)25-23(28)18-12-20(16-8-9-16)24-22-21(18)14(2)26-27(22)17-10-11-31(29,30)13-17/h4-7,12,16-17H,3,8-11,13H2,1-2H3,(H,25,28). The van der Waals surface area contributed by atoms with Crippen molar-refractivity contribution in [3.8, 4) is 0 Å². The highest BCUT2D eigenvalue weighted by atomic mass is 32.2. The molecule has 0 bridgehead atoms. The van der Waals surface area contributed by atoms with Gasteiger partial charge in [0, 0.05) is 17.3 Å². The first kappa shape index (κ1) is 20.2. The minimum Gasteiger partial charge on any atom is -0.322 e. The number of nitrogens with zero attached hydrogens (tertiary/aromatic N) is 3. The summed E-state index contributed by atoms with van der Waals surface area (Å²) < 4.78 is 25.9. The van der Waals surface area contributed by atoms with Gasteiger partial charge in [-0.05, 0) is 50.3 Å². The summed E-state index contributed by atoms with van der Waals surface area (Å²) >= 11 is 0. The van der Waals surface area contributed by atoms with Crippen molar-refractivity contribution in [2.75, 3.05) is 16.8 Å². The number of rotatable bonds is 5. The van der Waals surface area contributed by atoms with E-state index in [0.29, 0.717) is 34.6 Å². The summed E-state index contributed by atoms with van der Waals surface area (Å²) in [4.78, 5) is 18.3. The molecule has 8 heteroatoms. The molecule has 31 heavy (non-hydrogen) atoms. The van der Waals surface area contributed by atoms with Crippen molar-refractivity contribution in [2.45, 2.75) is 51.5 Å².